The number of piperidine rings is 1. The third-order valence-corrected chi connectivity index (χ3v) is 5.63. The highest BCUT2D eigenvalue weighted by atomic mass is 16.5. The molecule has 2 saturated carbocycles. The minimum Gasteiger partial charge on any atom is -0.368 e. The lowest BCUT2D eigenvalue weighted by Crippen LogP contribution is -2.54. The number of ether oxygens (including phenoxy) is 1. The first-order chi connectivity index (χ1) is 9.75. The molecule has 0 bridgehead atoms. The topological polar surface area (TPSA) is 50.4 Å². The van der Waals surface area contributed by atoms with Gasteiger partial charge in [0, 0.05) is 13.2 Å². The summed E-state index contributed by atoms with van der Waals surface area (Å²) in [6, 6.07) is 0.424. The summed E-state index contributed by atoms with van der Waals surface area (Å²) in [7, 11) is 1.68. The zero-order valence-corrected chi connectivity index (χ0v) is 12.6. The molecule has 0 aromatic carbocycles. The Hall–Kier alpha value is -0.610. The molecular formula is C16H28N2O2. The number of rotatable bonds is 4. The van der Waals surface area contributed by atoms with Gasteiger partial charge in [-0.05, 0) is 44.2 Å². The molecule has 0 aromatic heterocycles. The maximum absolute atomic E-state index is 12.6. The standard InChI is InChI=1S/C16H28N2O2/c1-20-16(7-9-17-10-8-16)15(19)18-14-11-13(14)12-5-3-2-4-6-12/h12-14,17H,2-11H2,1H3,(H,18,19). The maximum Gasteiger partial charge on any atom is 0.252 e. The van der Waals surface area contributed by atoms with E-state index < -0.39 is 5.60 Å². The van der Waals surface area contributed by atoms with E-state index >= 15 is 0 Å². The molecule has 4 heteroatoms. The maximum atomic E-state index is 12.6. The van der Waals surface area contributed by atoms with Gasteiger partial charge in [0.1, 0.15) is 5.60 Å². The molecule has 0 aromatic rings. The van der Waals surface area contributed by atoms with Gasteiger partial charge in [-0.15, -0.1) is 0 Å². The van der Waals surface area contributed by atoms with E-state index in [0.29, 0.717) is 6.04 Å². The van der Waals surface area contributed by atoms with E-state index in [4.69, 9.17) is 4.74 Å². The fourth-order valence-electron chi connectivity index (χ4n) is 4.12. The highest BCUT2D eigenvalue weighted by molar-refractivity contribution is 5.86. The van der Waals surface area contributed by atoms with E-state index in [2.05, 4.69) is 10.6 Å². The van der Waals surface area contributed by atoms with Gasteiger partial charge in [-0.3, -0.25) is 4.79 Å². The van der Waals surface area contributed by atoms with Gasteiger partial charge in [0.2, 0.25) is 0 Å². The molecule has 114 valence electrons. The molecule has 1 heterocycles. The van der Waals surface area contributed by atoms with Crippen LogP contribution in [0.15, 0.2) is 0 Å². The van der Waals surface area contributed by atoms with Crippen molar-refractivity contribution < 1.29 is 9.53 Å². The molecule has 3 fully saturated rings. The van der Waals surface area contributed by atoms with Crippen LogP contribution in [0.5, 0.6) is 0 Å². The van der Waals surface area contributed by atoms with Gasteiger partial charge in [-0.1, -0.05) is 32.1 Å². The molecular weight excluding hydrogens is 252 g/mol. The van der Waals surface area contributed by atoms with Crippen molar-refractivity contribution in [1.82, 2.24) is 10.6 Å². The molecule has 4 nitrogen and oxygen atoms in total. The second kappa shape index (κ2) is 6.02. The first-order valence-corrected chi connectivity index (χ1v) is 8.32. The second-order valence-electron chi connectivity index (χ2n) is 6.83. The first-order valence-electron chi connectivity index (χ1n) is 8.32. The van der Waals surface area contributed by atoms with Crippen LogP contribution in [0.2, 0.25) is 0 Å². The van der Waals surface area contributed by atoms with Crippen molar-refractivity contribution in [3.05, 3.63) is 0 Å². The SMILES string of the molecule is COC1(C(=O)NC2CC2C2CCCCC2)CCNCC1. The van der Waals surface area contributed by atoms with E-state index in [1.165, 1.54) is 38.5 Å². The highest BCUT2D eigenvalue weighted by Gasteiger charge is 2.47. The summed E-state index contributed by atoms with van der Waals surface area (Å²) in [6.45, 7) is 1.75. The van der Waals surface area contributed by atoms with Crippen LogP contribution in [-0.4, -0.2) is 37.7 Å². The smallest absolute Gasteiger partial charge is 0.252 e. The Kier molecular flexibility index (Phi) is 4.32. The first kappa shape index (κ1) is 14.3. The quantitative estimate of drug-likeness (QED) is 0.826. The molecule has 1 saturated heterocycles. The van der Waals surface area contributed by atoms with Crippen LogP contribution in [0, 0.1) is 11.8 Å². The van der Waals surface area contributed by atoms with Crippen molar-refractivity contribution in [1.29, 1.82) is 0 Å². The van der Waals surface area contributed by atoms with E-state index in [-0.39, 0.29) is 5.91 Å². The normalized spacial score (nSPS) is 33.6. The summed E-state index contributed by atoms with van der Waals surface area (Å²) in [4.78, 5) is 12.6. The lowest BCUT2D eigenvalue weighted by Gasteiger charge is -2.35. The van der Waals surface area contributed by atoms with Crippen molar-refractivity contribution in [2.75, 3.05) is 20.2 Å². The molecule has 1 amide bonds. The van der Waals surface area contributed by atoms with Gasteiger partial charge in [-0.25, -0.2) is 0 Å². The molecule has 0 radical (unpaired) electrons. The number of hydrogen-bond donors (Lipinski definition) is 2. The van der Waals surface area contributed by atoms with Gasteiger partial charge in [0.05, 0.1) is 0 Å². The molecule has 0 spiro atoms. The van der Waals surface area contributed by atoms with Crippen LogP contribution in [0.25, 0.3) is 0 Å². The minimum absolute atomic E-state index is 0.129. The summed E-state index contributed by atoms with van der Waals surface area (Å²) in [6.07, 6.45) is 9.68. The van der Waals surface area contributed by atoms with Gasteiger partial charge in [0.15, 0.2) is 0 Å². The van der Waals surface area contributed by atoms with Crippen LogP contribution < -0.4 is 10.6 Å². The summed E-state index contributed by atoms with van der Waals surface area (Å²) in [5.41, 5.74) is -0.578. The predicted octanol–water partition coefficient (Wildman–Crippen LogP) is 1.84. The molecule has 3 aliphatic rings. The molecule has 2 aliphatic carbocycles. The van der Waals surface area contributed by atoms with Crippen LogP contribution in [-0.2, 0) is 9.53 Å². The van der Waals surface area contributed by atoms with Crippen LogP contribution in [0.1, 0.15) is 51.4 Å². The molecule has 2 atom stereocenters. The predicted molar refractivity (Wildman–Crippen MR) is 78.5 cm³/mol. The third-order valence-electron chi connectivity index (χ3n) is 5.63. The number of carbonyl (C=O) groups is 1. The number of carbonyl (C=O) groups excluding carboxylic acids is 1. The Balaban J connectivity index is 1.51. The largest absolute Gasteiger partial charge is 0.368 e. The third kappa shape index (κ3) is 2.86. The molecule has 2 N–H and O–H groups in total. The Labute approximate surface area is 122 Å². The summed E-state index contributed by atoms with van der Waals surface area (Å²) in [5.74, 6) is 1.74. The second-order valence-corrected chi connectivity index (χ2v) is 6.83. The fourth-order valence-corrected chi connectivity index (χ4v) is 4.12. The molecule has 3 rings (SSSR count). The molecule has 2 unspecified atom stereocenters. The Bertz CT molecular complexity index is 346. The number of hydrogen-bond acceptors (Lipinski definition) is 3. The van der Waals surface area contributed by atoms with Gasteiger partial charge in [0.25, 0.3) is 5.91 Å². The summed E-state index contributed by atoms with van der Waals surface area (Å²) >= 11 is 0. The number of nitrogens with one attached hydrogen (secondary N) is 2. The van der Waals surface area contributed by atoms with E-state index in [1.54, 1.807) is 7.11 Å². The molecule has 20 heavy (non-hydrogen) atoms. The van der Waals surface area contributed by atoms with Crippen LogP contribution in [0.4, 0.5) is 0 Å². The van der Waals surface area contributed by atoms with Gasteiger partial charge in [-0.2, -0.15) is 0 Å². The summed E-state index contributed by atoms with van der Waals surface area (Å²) in [5, 5.41) is 6.57. The van der Waals surface area contributed by atoms with Crippen LogP contribution in [0.3, 0.4) is 0 Å². The number of amides is 1. The van der Waals surface area contributed by atoms with Crippen molar-refractivity contribution in [2.45, 2.75) is 63.0 Å². The lowest BCUT2D eigenvalue weighted by molar-refractivity contribution is -0.147. The zero-order chi connectivity index (χ0) is 14.0. The van der Waals surface area contributed by atoms with Gasteiger partial charge < -0.3 is 15.4 Å². The van der Waals surface area contributed by atoms with Crippen molar-refractivity contribution in [2.24, 2.45) is 11.8 Å². The van der Waals surface area contributed by atoms with Crippen molar-refractivity contribution in [3.8, 4) is 0 Å². The lowest BCUT2D eigenvalue weighted by atomic mass is 9.85. The average Bonchev–Trinajstić information content (AvgIpc) is 3.28. The van der Waals surface area contributed by atoms with E-state index in [9.17, 15) is 4.79 Å². The number of methoxy groups -OCH3 is 1. The highest BCUT2D eigenvalue weighted by Crippen LogP contribution is 2.44. The molecule has 1 aliphatic heterocycles. The Morgan fingerprint density at radius 2 is 1.90 bits per heavy atom. The zero-order valence-electron chi connectivity index (χ0n) is 12.6. The van der Waals surface area contributed by atoms with Crippen molar-refractivity contribution in [3.63, 3.8) is 0 Å². The minimum atomic E-state index is -0.578. The van der Waals surface area contributed by atoms with E-state index in [1.807, 2.05) is 0 Å². The average molecular weight is 280 g/mol. The Morgan fingerprint density at radius 3 is 2.55 bits per heavy atom. The van der Waals surface area contributed by atoms with Gasteiger partial charge >= 0.3 is 0 Å². The fraction of sp³-hybridized carbons (Fsp3) is 0.938. The summed E-state index contributed by atoms with van der Waals surface area (Å²) < 4.78 is 5.60. The monoisotopic (exact) mass is 280 g/mol. The van der Waals surface area contributed by atoms with Crippen molar-refractivity contribution >= 4 is 5.91 Å². The Morgan fingerprint density at radius 1 is 1.20 bits per heavy atom. The van der Waals surface area contributed by atoms with Crippen LogP contribution >= 0.6 is 0 Å². The van der Waals surface area contributed by atoms with E-state index in [0.717, 1.165) is 37.8 Å².